The summed E-state index contributed by atoms with van der Waals surface area (Å²) < 4.78 is 80.1. The molecule has 29 heteroatoms. The Hall–Kier alpha value is -3.50. The molecule has 129 heavy (non-hydrogen) atoms. The highest BCUT2D eigenvalue weighted by atomic mass is 31.2. The van der Waals surface area contributed by atoms with Crippen LogP contribution >= 0.6 is 15.6 Å². The molecule has 0 bridgehead atoms. The van der Waals surface area contributed by atoms with Gasteiger partial charge in [0.05, 0.1) is 51.1 Å². The van der Waals surface area contributed by atoms with E-state index in [-0.39, 0.29) is 38.5 Å². The van der Waals surface area contributed by atoms with Gasteiger partial charge in [-0.05, 0) is 77.0 Å². The molecule has 0 aromatic heterocycles. The van der Waals surface area contributed by atoms with Crippen LogP contribution in [0.4, 0.5) is 0 Å². The standard InChI is InChI=1S/C100H188N2O25P2/c1-7-13-19-25-31-37-39-41-43-49-55-61-67-73-89(108)120-83(71-65-59-53-47-35-29-23-17-11-5)77-87(106)101-93-97(124-91(110)75-81(104)69-63-57-51-45-33-27-21-15-9-3)95(112)86(123-100(93)127-129(116,117)118)80-119-99-94(98(96(85(79-103)122-99)126-128(113,114)115)125-92(111)76-82(105)70-64-58-52-46-34-28-22-16-10-4)102-88(107)78-84(72-66-60-54-48-36-30-24-18-12-6)121-90(109)74-68-62-56-50-44-42-40-38-32-26-20-14-8-2/h38,40,81-86,93-100,103-105,112H,7-37,39,41-80H2,1-6H3,(H,101,106)(H,102,107)(H2,113,114,115)(H2,116,117,118)/b40-38-/t81-,82-,83+,84-,85-,86-,93-,94-,95-,96-,97-,98-,99-,100+/m1/s1. The first kappa shape index (κ1) is 122. The summed E-state index contributed by atoms with van der Waals surface area (Å²) in [6.07, 6.45) is 43.3. The summed E-state index contributed by atoms with van der Waals surface area (Å²) in [6, 6.07) is -3.88. The van der Waals surface area contributed by atoms with Gasteiger partial charge in [-0.15, -0.1) is 0 Å². The molecule has 2 amide bonds. The zero-order valence-corrected chi connectivity index (χ0v) is 83.4. The zero-order valence-electron chi connectivity index (χ0n) is 81.6. The third-order valence-corrected chi connectivity index (χ3v) is 26.0. The minimum absolute atomic E-state index is 0.0766. The number of hydrogen-bond donors (Lipinski definition) is 10. The molecule has 2 rings (SSSR count). The van der Waals surface area contributed by atoms with Crippen LogP contribution < -0.4 is 10.6 Å². The third kappa shape index (κ3) is 66.6. The number of allylic oxidation sites excluding steroid dienone is 2. The number of amides is 2. The van der Waals surface area contributed by atoms with Gasteiger partial charge in [0.15, 0.2) is 24.8 Å². The Kier molecular flexibility index (Phi) is 75.9. The number of nitrogens with one attached hydrogen (secondary N) is 2. The number of carbonyl (C=O) groups is 6. The van der Waals surface area contributed by atoms with Crippen LogP contribution in [-0.2, 0) is 80.1 Å². The fourth-order valence-electron chi connectivity index (χ4n) is 17.3. The van der Waals surface area contributed by atoms with Crippen LogP contribution in [0, 0.1) is 0 Å². The predicted molar refractivity (Wildman–Crippen MR) is 508 cm³/mol. The molecular weight excluding hydrogens is 1690 g/mol. The molecule has 10 N–H and O–H groups in total. The van der Waals surface area contributed by atoms with Gasteiger partial charge in [0.2, 0.25) is 11.8 Å². The summed E-state index contributed by atoms with van der Waals surface area (Å²) >= 11 is 0. The van der Waals surface area contributed by atoms with Gasteiger partial charge < -0.3 is 83.8 Å². The van der Waals surface area contributed by atoms with Crippen molar-refractivity contribution >= 4 is 51.3 Å². The first-order valence-corrected chi connectivity index (χ1v) is 55.4. The van der Waals surface area contributed by atoms with E-state index in [9.17, 15) is 73.1 Å². The largest absolute Gasteiger partial charge is 0.472 e. The van der Waals surface area contributed by atoms with Crippen molar-refractivity contribution in [3.05, 3.63) is 12.2 Å². The number of esters is 4. The van der Waals surface area contributed by atoms with Crippen molar-refractivity contribution in [2.45, 2.75) is 577 Å². The number of aliphatic hydroxyl groups excluding tert-OH is 4. The van der Waals surface area contributed by atoms with Crippen LogP contribution in [0.2, 0.25) is 0 Å². The SMILES string of the molecule is CCCCCC/C=C\CCCCCCCC(=O)O[C@H](CCCCCCCCCCC)CC(=O)N[C@H]1[C@H](OC[C@H]2O[C@@H](OP(=O)(O)O)[C@H](NC(=O)C[C@H](CCCCCCCCCCC)OC(=O)CCCCCCCCCCCCCCC)[C@@H](OC(=O)C[C@H](O)CCCCCCCCCCC)[C@@H]2O)O[C@H](CO)[C@@H](OP(=O)(O)O)[C@@H]1OC(=O)C[C@H](O)CCCCCCCCCCC. The van der Waals surface area contributed by atoms with Crippen LogP contribution in [0.1, 0.15) is 491 Å². The number of ether oxygens (including phenoxy) is 7. The van der Waals surface area contributed by atoms with E-state index in [1.165, 1.54) is 96.3 Å². The smallest absolute Gasteiger partial charge is 0.462 e. The molecule has 27 nitrogen and oxygen atoms in total. The Morgan fingerprint density at radius 3 is 0.961 bits per heavy atom. The molecule has 0 unspecified atom stereocenters. The Morgan fingerprint density at radius 1 is 0.341 bits per heavy atom. The van der Waals surface area contributed by atoms with E-state index in [0.29, 0.717) is 38.5 Å². The van der Waals surface area contributed by atoms with Crippen LogP contribution in [0.3, 0.4) is 0 Å². The second kappa shape index (κ2) is 80.6. The molecule has 2 fully saturated rings. The Bertz CT molecular complexity index is 2870. The highest BCUT2D eigenvalue weighted by molar-refractivity contribution is 7.46. The lowest BCUT2D eigenvalue weighted by Gasteiger charge is -2.47. The van der Waals surface area contributed by atoms with E-state index >= 15 is 4.79 Å². The summed E-state index contributed by atoms with van der Waals surface area (Å²) in [5.41, 5.74) is 0. The summed E-state index contributed by atoms with van der Waals surface area (Å²) in [6.45, 7) is 10.9. The molecule has 0 saturated carbocycles. The Balaban J connectivity index is 2.78. The number of unbranched alkanes of at least 4 members (excludes halogenated alkanes) is 53. The molecule has 14 atom stereocenters. The van der Waals surface area contributed by atoms with Gasteiger partial charge in [0, 0.05) is 12.8 Å². The number of rotatable bonds is 89. The summed E-state index contributed by atoms with van der Waals surface area (Å²) in [4.78, 5) is 129. The van der Waals surface area contributed by atoms with Gasteiger partial charge in [-0.25, -0.2) is 9.13 Å². The van der Waals surface area contributed by atoms with Crippen LogP contribution in [-0.4, -0.2) is 175 Å². The normalized spacial score (nSPS) is 20.0. The lowest BCUT2D eigenvalue weighted by molar-refractivity contribution is -0.296. The van der Waals surface area contributed by atoms with Gasteiger partial charge in [0.25, 0.3) is 0 Å². The van der Waals surface area contributed by atoms with Crippen molar-refractivity contribution in [1.82, 2.24) is 10.6 Å². The molecule has 758 valence electrons. The maximum Gasteiger partial charge on any atom is 0.472 e. The minimum Gasteiger partial charge on any atom is -0.462 e. The quantitative estimate of drug-likeness (QED) is 0.00889. The molecular formula is C100H188N2O25P2. The van der Waals surface area contributed by atoms with Gasteiger partial charge in [-0.2, -0.15) is 0 Å². The van der Waals surface area contributed by atoms with Crippen molar-refractivity contribution in [3.8, 4) is 0 Å². The average Bonchev–Trinajstić information content (AvgIpc) is 0.777. The highest BCUT2D eigenvalue weighted by Crippen LogP contribution is 2.44. The summed E-state index contributed by atoms with van der Waals surface area (Å²) in [5.74, 6) is -5.02. The molecule has 0 radical (unpaired) electrons. The van der Waals surface area contributed by atoms with Gasteiger partial charge in [0.1, 0.15) is 48.7 Å². The van der Waals surface area contributed by atoms with E-state index < -0.39 is 176 Å². The summed E-state index contributed by atoms with van der Waals surface area (Å²) in [5, 5.41) is 52.0. The van der Waals surface area contributed by atoms with Gasteiger partial charge >= 0.3 is 39.5 Å². The number of carbonyl (C=O) groups excluding carboxylic acids is 6. The van der Waals surface area contributed by atoms with E-state index in [1.807, 2.05) is 0 Å². The lowest BCUT2D eigenvalue weighted by Crippen LogP contribution is -2.68. The maximum atomic E-state index is 15.1. The second-order valence-corrected chi connectivity index (χ2v) is 39.7. The molecule has 2 heterocycles. The van der Waals surface area contributed by atoms with E-state index in [4.69, 9.17) is 42.2 Å². The molecule has 0 spiro atoms. The number of phosphoric ester groups is 2. The predicted octanol–water partition coefficient (Wildman–Crippen LogP) is 22.7. The van der Waals surface area contributed by atoms with Crippen molar-refractivity contribution in [2.24, 2.45) is 0 Å². The maximum absolute atomic E-state index is 15.1. The van der Waals surface area contributed by atoms with Gasteiger partial charge in [-0.3, -0.25) is 37.8 Å². The molecule has 2 aliphatic heterocycles. The molecule has 0 aliphatic carbocycles. The summed E-state index contributed by atoms with van der Waals surface area (Å²) in [7, 11) is -11.4. The number of hydrogen-bond acceptors (Lipinski definition) is 21. The molecule has 0 aromatic rings. The Morgan fingerprint density at radius 2 is 0.628 bits per heavy atom. The first-order valence-electron chi connectivity index (χ1n) is 52.4. The average molecular weight is 1880 g/mol. The fourth-order valence-corrected chi connectivity index (χ4v) is 18.4. The number of phosphoric acid groups is 2. The van der Waals surface area contributed by atoms with Gasteiger partial charge in [-0.1, -0.05) is 388 Å². The lowest BCUT2D eigenvalue weighted by atomic mass is 9.95. The highest BCUT2D eigenvalue weighted by Gasteiger charge is 2.55. The molecule has 2 aliphatic rings. The monoisotopic (exact) mass is 1880 g/mol. The van der Waals surface area contributed by atoms with Crippen LogP contribution in [0.15, 0.2) is 12.2 Å². The van der Waals surface area contributed by atoms with Crippen molar-refractivity contribution < 1.29 is 120 Å². The van der Waals surface area contributed by atoms with E-state index in [2.05, 4.69) is 64.3 Å². The first-order chi connectivity index (χ1) is 62.3. The minimum atomic E-state index is -5.72. The Labute approximate surface area is 780 Å². The second-order valence-electron chi connectivity index (χ2n) is 37.3. The van der Waals surface area contributed by atoms with E-state index in [1.54, 1.807) is 0 Å². The fraction of sp³-hybridized carbons (Fsp3) is 0.920. The molecule has 0 aromatic carbocycles. The number of aliphatic hydroxyl groups is 4. The van der Waals surface area contributed by atoms with Crippen molar-refractivity contribution in [3.63, 3.8) is 0 Å². The molecule has 2 saturated heterocycles. The van der Waals surface area contributed by atoms with E-state index in [0.717, 1.165) is 250 Å². The van der Waals surface area contributed by atoms with Crippen molar-refractivity contribution in [1.29, 1.82) is 0 Å². The van der Waals surface area contributed by atoms with Crippen molar-refractivity contribution in [2.75, 3.05) is 13.2 Å². The van der Waals surface area contributed by atoms with Crippen LogP contribution in [0.25, 0.3) is 0 Å². The topological polar surface area (TPSA) is 406 Å². The third-order valence-electron chi connectivity index (χ3n) is 25.0. The zero-order chi connectivity index (χ0) is 94.7. The van der Waals surface area contributed by atoms with Crippen LogP contribution in [0.5, 0.6) is 0 Å².